The average molecular weight is 990 g/mol. The summed E-state index contributed by atoms with van der Waals surface area (Å²) in [5.41, 5.74) is 8.92. The molecular formula is C50H68FN9O7S2. The second-order valence-electron chi connectivity index (χ2n) is 19.8. The molecule has 374 valence electrons. The molecule has 2 heterocycles. The van der Waals surface area contributed by atoms with Crippen molar-refractivity contribution in [3.05, 3.63) is 65.5 Å². The molecule has 0 saturated heterocycles. The molecule has 3 saturated carbocycles. The average Bonchev–Trinajstić information content (AvgIpc) is 3.51. The van der Waals surface area contributed by atoms with Crippen LogP contribution in [0.1, 0.15) is 107 Å². The summed E-state index contributed by atoms with van der Waals surface area (Å²) in [6, 6.07) is 5.88. The fraction of sp³-hybridized carbons (Fsp3) is 0.600. The molecule has 2 amide bonds. The van der Waals surface area contributed by atoms with Gasteiger partial charge in [-0.25, -0.2) is 19.2 Å². The van der Waals surface area contributed by atoms with E-state index < -0.39 is 63.9 Å². The number of aliphatic hydroxyl groups excluding tert-OH is 1. The van der Waals surface area contributed by atoms with E-state index in [1.165, 1.54) is 12.2 Å². The maximum Gasteiger partial charge on any atom is 0.326 e. The van der Waals surface area contributed by atoms with Crippen LogP contribution in [0.15, 0.2) is 54.3 Å². The highest BCUT2D eigenvalue weighted by Gasteiger charge is 2.75. The number of nitrogens with two attached hydrogens (primary N) is 2. The number of amides is 2. The number of allylic oxidation sites excluding steroid dienone is 4. The smallest absolute Gasteiger partial charge is 0.326 e. The van der Waals surface area contributed by atoms with Crippen LogP contribution >= 0.6 is 23.5 Å². The Morgan fingerprint density at radius 2 is 1.65 bits per heavy atom. The molecule has 1 unspecified atom stereocenters. The number of benzene rings is 1. The number of anilines is 3. The number of carboxylic acid groups (broad SMARTS) is 1. The van der Waals surface area contributed by atoms with Crippen LogP contribution in [0.25, 0.3) is 11.2 Å². The first-order valence-corrected chi connectivity index (χ1v) is 26.5. The molecule has 0 aliphatic heterocycles. The van der Waals surface area contributed by atoms with Crippen molar-refractivity contribution < 1.29 is 38.9 Å². The number of carbonyl (C=O) groups is 4. The maximum absolute atomic E-state index is 17.5. The Hall–Kier alpha value is -4.85. The largest absolute Gasteiger partial charge is 0.480 e. The Bertz CT molecular complexity index is 2450. The normalized spacial score (nSPS) is 28.6. The van der Waals surface area contributed by atoms with E-state index in [1.807, 2.05) is 25.8 Å². The lowest BCUT2D eigenvalue weighted by molar-refractivity contribution is -0.219. The van der Waals surface area contributed by atoms with E-state index in [0.29, 0.717) is 78.3 Å². The van der Waals surface area contributed by atoms with Crippen LogP contribution in [-0.2, 0) is 20.9 Å². The van der Waals surface area contributed by atoms with Gasteiger partial charge in [0.15, 0.2) is 34.0 Å². The Labute approximate surface area is 411 Å². The summed E-state index contributed by atoms with van der Waals surface area (Å²) in [6.07, 6.45) is 13.0. The van der Waals surface area contributed by atoms with Gasteiger partial charge in [0.2, 0.25) is 5.95 Å². The van der Waals surface area contributed by atoms with E-state index in [9.17, 15) is 34.5 Å². The van der Waals surface area contributed by atoms with Crippen LogP contribution in [0.5, 0.6) is 0 Å². The SMILES string of the molecule is C[C@@H]1C[C@H]2C3CCC4=CC(=O)C=C[C@]4(C)[C@@]3(F)[C@@H](O)C[C@]2(C)[C@@]1(O)C(=O)NCCSCCCCCCCCSCC[C@H](NC(=O)c1ccc(N(C)Cc2cnc3nc(N)nc(N)c3n2)cc1)C(=O)O. The molecule has 9 N–H and O–H groups in total. The highest BCUT2D eigenvalue weighted by molar-refractivity contribution is 7.99. The minimum atomic E-state index is -2.00. The van der Waals surface area contributed by atoms with Crippen LogP contribution in [0.3, 0.4) is 0 Å². The lowest BCUT2D eigenvalue weighted by atomic mass is 9.44. The third kappa shape index (κ3) is 10.5. The number of nitrogen functional groups attached to an aromatic ring is 2. The molecule has 0 bridgehead atoms. The highest BCUT2D eigenvalue weighted by Crippen LogP contribution is 2.70. The first-order valence-electron chi connectivity index (χ1n) is 24.2. The number of unbranched alkanes of at least 4 members (excludes halogenated alkanes) is 5. The van der Waals surface area contributed by atoms with Gasteiger partial charge in [-0.2, -0.15) is 33.5 Å². The van der Waals surface area contributed by atoms with E-state index in [0.717, 1.165) is 55.7 Å². The van der Waals surface area contributed by atoms with Gasteiger partial charge in [-0.3, -0.25) is 14.4 Å². The van der Waals surface area contributed by atoms with Crippen molar-refractivity contribution >= 4 is 75.7 Å². The minimum Gasteiger partial charge on any atom is -0.480 e. The van der Waals surface area contributed by atoms with Crippen LogP contribution in [0.2, 0.25) is 0 Å². The van der Waals surface area contributed by atoms with E-state index >= 15 is 4.39 Å². The number of hydrogen-bond acceptors (Lipinski definition) is 15. The van der Waals surface area contributed by atoms with Crippen molar-refractivity contribution in [2.75, 3.05) is 53.0 Å². The van der Waals surface area contributed by atoms with Gasteiger partial charge >= 0.3 is 5.97 Å². The number of fused-ring (bicyclic) bond motifs is 6. The number of thioether (sulfide) groups is 2. The van der Waals surface area contributed by atoms with Gasteiger partial charge < -0.3 is 42.3 Å². The number of ketones is 1. The fourth-order valence-electron chi connectivity index (χ4n) is 11.7. The van der Waals surface area contributed by atoms with E-state index in [4.69, 9.17) is 11.5 Å². The van der Waals surface area contributed by atoms with Gasteiger partial charge in [0, 0.05) is 47.3 Å². The second-order valence-corrected chi connectivity index (χ2v) is 22.3. The first kappa shape index (κ1) is 52.0. The number of halogens is 1. The van der Waals surface area contributed by atoms with Crippen molar-refractivity contribution in [3.8, 4) is 0 Å². The summed E-state index contributed by atoms with van der Waals surface area (Å²) < 4.78 is 17.5. The third-order valence-corrected chi connectivity index (χ3v) is 17.7. The monoisotopic (exact) mass is 989 g/mol. The number of aliphatic carboxylic acids is 1. The predicted octanol–water partition coefficient (Wildman–Crippen LogP) is 6.06. The minimum absolute atomic E-state index is 0.0233. The lowest BCUT2D eigenvalue weighted by Crippen LogP contribution is -2.70. The quantitative estimate of drug-likeness (QED) is 0.0564. The van der Waals surface area contributed by atoms with Crippen LogP contribution in [0.4, 0.5) is 21.8 Å². The molecule has 4 aliphatic rings. The molecule has 4 aliphatic carbocycles. The summed E-state index contributed by atoms with van der Waals surface area (Å²) in [5.74, 6) is -0.0315. The van der Waals surface area contributed by atoms with Gasteiger partial charge in [-0.05, 0) is 117 Å². The number of rotatable bonds is 22. The van der Waals surface area contributed by atoms with E-state index in [1.54, 1.807) is 67.0 Å². The van der Waals surface area contributed by atoms with Gasteiger partial charge in [-0.1, -0.05) is 51.2 Å². The van der Waals surface area contributed by atoms with Gasteiger partial charge in [0.1, 0.15) is 6.04 Å². The number of hydrogen-bond donors (Lipinski definition) is 7. The molecule has 1 aromatic carbocycles. The van der Waals surface area contributed by atoms with Gasteiger partial charge in [0.05, 0.1) is 24.5 Å². The van der Waals surface area contributed by atoms with Crippen LogP contribution < -0.4 is 27.0 Å². The molecule has 0 radical (unpaired) electrons. The number of carbonyl (C=O) groups excluding carboxylic acids is 3. The zero-order chi connectivity index (χ0) is 49.7. The summed E-state index contributed by atoms with van der Waals surface area (Å²) in [6.45, 7) is 6.29. The maximum atomic E-state index is 17.5. The molecular weight excluding hydrogens is 922 g/mol. The molecule has 7 rings (SSSR count). The molecule has 3 fully saturated rings. The molecule has 0 spiro atoms. The summed E-state index contributed by atoms with van der Waals surface area (Å²) in [4.78, 5) is 69.7. The molecule has 2 aromatic heterocycles. The van der Waals surface area contributed by atoms with Crippen molar-refractivity contribution in [2.24, 2.45) is 28.6 Å². The number of nitrogens with zero attached hydrogens (tertiary/aromatic N) is 5. The van der Waals surface area contributed by atoms with Gasteiger partial charge in [-0.15, -0.1) is 0 Å². The molecule has 19 heteroatoms. The topological polar surface area (TPSA) is 260 Å². The number of nitrogens with one attached hydrogen (secondary N) is 2. The summed E-state index contributed by atoms with van der Waals surface area (Å²) in [7, 11) is 1.87. The number of alkyl halides is 1. The Balaban J connectivity index is 0.730. The molecule has 9 atom stereocenters. The number of carboxylic acids is 1. The zero-order valence-corrected chi connectivity index (χ0v) is 41.7. The first-order chi connectivity index (χ1) is 32.8. The standard InChI is InChI=1S/C50H68FN9O7S2/c1-30-25-37-36-16-13-32-26-35(61)17-19-47(32,2)49(36,51)39(62)27-48(37,3)50(30,67)45(66)54-20-24-69-22-10-8-6-5-7-9-21-68-23-18-38(44(64)65)57-43(63)31-11-14-34(15-12-31)60(4)29-33-28-55-42-40(56-33)41(52)58-46(53)59-42/h11-12,14-15,17,19,26,28,30,36-39,62,67H,5-10,13,16,18,20-25,27,29H2,1-4H3,(H,54,66)(H,57,63)(H,64,65)(H4,52,53,55,58,59)/t30-,36?,37+,38+,39+,47+,48+,49+,50+/m1/s1. The Morgan fingerprint density at radius 1 is 0.971 bits per heavy atom. The van der Waals surface area contributed by atoms with Crippen LogP contribution in [-0.4, -0.2) is 119 Å². The third-order valence-electron chi connectivity index (χ3n) is 15.6. The molecule has 69 heavy (non-hydrogen) atoms. The molecule has 3 aromatic rings. The van der Waals surface area contributed by atoms with Crippen molar-refractivity contribution in [1.29, 1.82) is 0 Å². The highest BCUT2D eigenvalue weighted by atomic mass is 32.2. The van der Waals surface area contributed by atoms with E-state index in [2.05, 4.69) is 30.6 Å². The zero-order valence-electron chi connectivity index (χ0n) is 40.1. The Morgan fingerprint density at radius 3 is 2.35 bits per heavy atom. The Kier molecular flexibility index (Phi) is 16.3. The van der Waals surface area contributed by atoms with Crippen molar-refractivity contribution in [2.45, 2.75) is 121 Å². The van der Waals surface area contributed by atoms with Gasteiger partial charge in [0.25, 0.3) is 11.8 Å². The van der Waals surface area contributed by atoms with Crippen molar-refractivity contribution in [1.82, 2.24) is 30.6 Å². The number of aliphatic hydroxyl groups is 2. The lowest BCUT2D eigenvalue weighted by Gasteiger charge is -2.62. The fourth-order valence-corrected chi connectivity index (χ4v) is 13.6. The van der Waals surface area contributed by atoms with E-state index in [-0.39, 0.29) is 29.9 Å². The summed E-state index contributed by atoms with van der Waals surface area (Å²) >= 11 is 3.46. The van der Waals surface area contributed by atoms with Crippen LogP contribution in [0, 0.1) is 28.6 Å². The number of aromatic nitrogens is 4. The summed E-state index contributed by atoms with van der Waals surface area (Å²) in [5, 5.41) is 39.3. The predicted molar refractivity (Wildman–Crippen MR) is 269 cm³/mol. The molecule has 16 nitrogen and oxygen atoms in total. The second kappa shape index (κ2) is 21.6. The van der Waals surface area contributed by atoms with Crippen molar-refractivity contribution in [3.63, 3.8) is 0 Å².